The normalized spacial score (nSPS) is 16.7. The van der Waals surface area contributed by atoms with Gasteiger partial charge in [0, 0.05) is 0 Å². The van der Waals surface area contributed by atoms with E-state index in [4.69, 9.17) is 19.6 Å². The Hall–Kier alpha value is -3.59. The van der Waals surface area contributed by atoms with Crippen LogP contribution in [0.3, 0.4) is 0 Å². The van der Waals surface area contributed by atoms with Gasteiger partial charge in [0.2, 0.25) is 5.17 Å². The summed E-state index contributed by atoms with van der Waals surface area (Å²) in [6.07, 6.45) is 4.46. The smallest absolute Gasteiger partial charge is 0.283 e. The lowest BCUT2D eigenvalue weighted by atomic mass is 9.99. The van der Waals surface area contributed by atoms with Crippen LogP contribution in [0, 0.1) is 5.41 Å². The minimum atomic E-state index is -0.450. The van der Waals surface area contributed by atoms with Crippen molar-refractivity contribution in [3.05, 3.63) is 59.2 Å². The highest BCUT2D eigenvalue weighted by Crippen LogP contribution is 2.32. The van der Waals surface area contributed by atoms with E-state index in [1.165, 1.54) is 22.3 Å². The summed E-state index contributed by atoms with van der Waals surface area (Å²) in [7, 11) is 0. The third-order valence-corrected chi connectivity index (χ3v) is 7.18. The molecule has 200 valence electrons. The first kappa shape index (κ1) is 27.4. The van der Waals surface area contributed by atoms with Crippen LogP contribution < -0.4 is 14.2 Å². The molecule has 2 heterocycles. The lowest BCUT2D eigenvalue weighted by Gasteiger charge is -2.20. The van der Waals surface area contributed by atoms with Crippen LogP contribution in [-0.2, 0) is 4.79 Å². The maximum atomic E-state index is 12.7. The molecule has 0 fully saturated rings. The summed E-state index contributed by atoms with van der Waals surface area (Å²) in [5.41, 5.74) is 2.19. The number of fused-ring (bicyclic) bond motifs is 1. The molecule has 2 aliphatic heterocycles. The van der Waals surface area contributed by atoms with Crippen LogP contribution in [-0.4, -0.2) is 46.8 Å². The van der Waals surface area contributed by atoms with E-state index in [0.717, 1.165) is 30.1 Å². The third-order valence-electron chi connectivity index (χ3n) is 6.21. The van der Waals surface area contributed by atoms with Gasteiger partial charge in [0.1, 0.15) is 24.0 Å². The van der Waals surface area contributed by atoms with Gasteiger partial charge in [-0.25, -0.2) is 0 Å². The number of nitrogens with zero attached hydrogens (tertiary/aromatic N) is 3. The largest absolute Gasteiger partial charge is 0.490 e. The van der Waals surface area contributed by atoms with Gasteiger partial charge >= 0.3 is 0 Å². The van der Waals surface area contributed by atoms with Gasteiger partial charge in [-0.3, -0.25) is 10.2 Å². The van der Waals surface area contributed by atoms with Crippen molar-refractivity contribution in [1.82, 2.24) is 5.01 Å². The summed E-state index contributed by atoms with van der Waals surface area (Å²) in [6, 6.07) is 13.6. The summed E-state index contributed by atoms with van der Waals surface area (Å²) in [6.45, 7) is 9.55. The molecule has 2 aliphatic rings. The first-order chi connectivity index (χ1) is 18.4. The van der Waals surface area contributed by atoms with E-state index in [0.29, 0.717) is 48.0 Å². The Morgan fingerprint density at radius 2 is 1.79 bits per heavy atom. The van der Waals surface area contributed by atoms with Gasteiger partial charge in [-0.1, -0.05) is 39.0 Å². The zero-order valence-electron chi connectivity index (χ0n) is 22.3. The Kier molecular flexibility index (Phi) is 9.23. The molecule has 1 N–H and O–H groups in total. The molecule has 0 bridgehead atoms. The van der Waals surface area contributed by atoms with E-state index in [9.17, 15) is 4.79 Å². The first-order valence-electron chi connectivity index (χ1n) is 13.0. The zero-order chi connectivity index (χ0) is 27.1. The lowest BCUT2D eigenvalue weighted by molar-refractivity contribution is -0.114. The second-order valence-corrected chi connectivity index (χ2v) is 10.0. The minimum absolute atomic E-state index is 0.0197. The predicted molar refractivity (Wildman–Crippen MR) is 154 cm³/mol. The quantitative estimate of drug-likeness (QED) is 0.247. The number of thioether (sulfide) groups is 1. The Morgan fingerprint density at radius 3 is 2.50 bits per heavy atom. The number of ether oxygens (including phenoxy) is 3. The van der Waals surface area contributed by atoms with E-state index >= 15 is 0 Å². The van der Waals surface area contributed by atoms with Crippen LogP contribution in [0.4, 0.5) is 0 Å². The van der Waals surface area contributed by atoms with Crippen molar-refractivity contribution in [1.29, 1.82) is 5.41 Å². The molecule has 2 aromatic carbocycles. The second-order valence-electron chi connectivity index (χ2n) is 8.98. The van der Waals surface area contributed by atoms with Gasteiger partial charge in [0.15, 0.2) is 17.3 Å². The average Bonchev–Trinajstić information content (AvgIpc) is 3.32. The minimum Gasteiger partial charge on any atom is -0.490 e. The molecule has 4 rings (SSSR count). The van der Waals surface area contributed by atoms with Crippen molar-refractivity contribution < 1.29 is 19.0 Å². The molecule has 1 atom stereocenters. The molecule has 8 nitrogen and oxygen atoms in total. The molecule has 1 amide bonds. The van der Waals surface area contributed by atoms with Crippen molar-refractivity contribution in [3.8, 4) is 17.2 Å². The highest BCUT2D eigenvalue weighted by atomic mass is 32.2. The maximum absolute atomic E-state index is 12.7. The van der Waals surface area contributed by atoms with E-state index < -0.39 is 5.91 Å². The maximum Gasteiger partial charge on any atom is 0.283 e. The van der Waals surface area contributed by atoms with E-state index in [-0.39, 0.29) is 11.4 Å². The summed E-state index contributed by atoms with van der Waals surface area (Å²) in [5.74, 6) is 2.04. The molecule has 38 heavy (non-hydrogen) atoms. The topological polar surface area (TPSA) is 96.6 Å². The SMILES string of the molecule is CCCC1=NN2C(=N)/C(=C/c3ccc(OCCOc4ccc(C(C)CC)cc4)c(OCC)c3)C(=O)N=C2S1. The summed E-state index contributed by atoms with van der Waals surface area (Å²) in [4.78, 5) is 16.8. The lowest BCUT2D eigenvalue weighted by Crippen LogP contribution is -2.35. The Morgan fingerprint density at radius 1 is 1.03 bits per heavy atom. The molecule has 9 heteroatoms. The van der Waals surface area contributed by atoms with Crippen molar-refractivity contribution in [3.63, 3.8) is 0 Å². The average molecular weight is 535 g/mol. The number of hydrogen-bond donors (Lipinski definition) is 1. The number of rotatable bonds is 12. The van der Waals surface area contributed by atoms with E-state index in [1.807, 2.05) is 25.1 Å². The number of amidine groups is 2. The van der Waals surface area contributed by atoms with Crippen molar-refractivity contribution in [2.45, 2.75) is 52.9 Å². The Balaban J connectivity index is 1.41. The van der Waals surface area contributed by atoms with Crippen LogP contribution in [0.25, 0.3) is 6.08 Å². The van der Waals surface area contributed by atoms with Crippen molar-refractivity contribution in [2.75, 3.05) is 19.8 Å². The molecule has 0 aromatic heterocycles. The van der Waals surface area contributed by atoms with Crippen LogP contribution in [0.5, 0.6) is 17.2 Å². The number of nitrogens with one attached hydrogen (secondary N) is 1. The highest BCUT2D eigenvalue weighted by Gasteiger charge is 2.35. The van der Waals surface area contributed by atoms with Crippen LogP contribution in [0.15, 0.2) is 58.1 Å². The first-order valence-corrected chi connectivity index (χ1v) is 13.9. The summed E-state index contributed by atoms with van der Waals surface area (Å²) in [5, 5.41) is 15.7. The number of hydrogen-bond acceptors (Lipinski definition) is 7. The van der Waals surface area contributed by atoms with Crippen LogP contribution >= 0.6 is 11.8 Å². The van der Waals surface area contributed by atoms with Crippen molar-refractivity contribution in [2.24, 2.45) is 10.1 Å². The molecular weight excluding hydrogens is 500 g/mol. The molecule has 1 unspecified atom stereocenters. The second kappa shape index (κ2) is 12.8. The van der Waals surface area contributed by atoms with Gasteiger partial charge in [-0.2, -0.15) is 15.1 Å². The standard InChI is InChI=1S/C29H34N4O4S/c1-5-8-26-32-33-27(30)23(28(34)31-29(33)38-26)17-20-9-14-24(25(18-20)35-7-3)37-16-15-36-22-12-10-21(11-13-22)19(4)6-2/h9-14,17-19,30H,5-8,15-16H2,1-4H3/b23-17-,30-27?. The number of carbonyl (C=O) groups excluding carboxylic acids is 1. The number of carbonyl (C=O) groups is 1. The summed E-state index contributed by atoms with van der Waals surface area (Å²) < 4.78 is 17.6. The third kappa shape index (κ3) is 6.45. The number of hydrazone groups is 1. The fraction of sp³-hybridized carbons (Fsp3) is 0.379. The van der Waals surface area contributed by atoms with Crippen LogP contribution in [0.1, 0.15) is 64.0 Å². The number of amides is 1. The van der Waals surface area contributed by atoms with Gasteiger partial charge in [-0.05, 0) is 85.3 Å². The fourth-order valence-electron chi connectivity index (χ4n) is 3.95. The van der Waals surface area contributed by atoms with E-state index in [1.54, 1.807) is 18.2 Å². The molecular formula is C29H34N4O4S. The number of aliphatic imine (C=N–C) groups is 1. The highest BCUT2D eigenvalue weighted by molar-refractivity contribution is 8.26. The van der Waals surface area contributed by atoms with E-state index in [2.05, 4.69) is 43.0 Å². The van der Waals surface area contributed by atoms with Gasteiger partial charge in [0.05, 0.1) is 12.2 Å². The Bertz CT molecular complexity index is 1270. The molecule has 0 saturated heterocycles. The molecule has 0 aliphatic carbocycles. The summed E-state index contributed by atoms with van der Waals surface area (Å²) >= 11 is 1.35. The van der Waals surface area contributed by atoms with Crippen LogP contribution in [0.2, 0.25) is 0 Å². The molecule has 0 spiro atoms. The van der Waals surface area contributed by atoms with Gasteiger partial charge in [-0.15, -0.1) is 0 Å². The molecule has 0 radical (unpaired) electrons. The fourth-order valence-corrected chi connectivity index (χ4v) is 4.94. The monoisotopic (exact) mass is 534 g/mol. The Labute approximate surface area is 228 Å². The van der Waals surface area contributed by atoms with Gasteiger partial charge in [0.25, 0.3) is 5.91 Å². The zero-order valence-corrected chi connectivity index (χ0v) is 23.1. The van der Waals surface area contributed by atoms with Crippen molar-refractivity contribution >= 4 is 39.8 Å². The predicted octanol–water partition coefficient (Wildman–Crippen LogP) is 6.48. The number of benzene rings is 2. The molecule has 2 aromatic rings. The molecule has 0 saturated carbocycles. The van der Waals surface area contributed by atoms with Gasteiger partial charge < -0.3 is 14.2 Å².